The minimum Gasteiger partial charge on any atom is -0.466 e. The highest BCUT2D eigenvalue weighted by atomic mass is 16.5. The van der Waals surface area contributed by atoms with Gasteiger partial charge in [0.15, 0.2) is 0 Å². The lowest BCUT2D eigenvalue weighted by molar-refractivity contribution is -0.162. The van der Waals surface area contributed by atoms with Gasteiger partial charge in [-0.15, -0.1) is 0 Å². The first-order valence-corrected chi connectivity index (χ1v) is 6.16. The molecule has 16 heavy (non-hydrogen) atoms. The molecule has 90 valence electrons. The summed E-state index contributed by atoms with van der Waals surface area (Å²) in [7, 11) is 0. The van der Waals surface area contributed by atoms with Crippen LogP contribution in [0, 0.1) is 23.2 Å². The van der Waals surface area contributed by atoms with Gasteiger partial charge in [0, 0.05) is 11.8 Å². The van der Waals surface area contributed by atoms with Crippen molar-refractivity contribution in [2.75, 3.05) is 6.61 Å². The van der Waals surface area contributed by atoms with Gasteiger partial charge < -0.3 is 4.74 Å². The highest BCUT2D eigenvalue weighted by Gasteiger charge is 2.57. The van der Waals surface area contributed by atoms with Crippen LogP contribution < -0.4 is 0 Å². The summed E-state index contributed by atoms with van der Waals surface area (Å²) in [6, 6.07) is 0. The summed E-state index contributed by atoms with van der Waals surface area (Å²) in [6.07, 6.45) is 2.20. The molecule has 3 atom stereocenters. The normalized spacial score (nSPS) is 35.4. The van der Waals surface area contributed by atoms with E-state index in [0.717, 1.165) is 12.8 Å². The van der Waals surface area contributed by atoms with Crippen LogP contribution in [0.4, 0.5) is 0 Å². The van der Waals surface area contributed by atoms with E-state index in [4.69, 9.17) is 4.74 Å². The Kier molecular flexibility index (Phi) is 2.81. The Morgan fingerprint density at radius 3 is 2.62 bits per heavy atom. The molecular weight excluding hydrogens is 204 g/mol. The van der Waals surface area contributed by atoms with Crippen molar-refractivity contribution >= 4 is 11.8 Å². The van der Waals surface area contributed by atoms with Crippen molar-refractivity contribution in [1.82, 2.24) is 0 Å². The molecule has 3 nitrogen and oxygen atoms in total. The van der Waals surface area contributed by atoms with E-state index in [-0.39, 0.29) is 29.6 Å². The van der Waals surface area contributed by atoms with E-state index in [2.05, 4.69) is 13.8 Å². The first kappa shape index (κ1) is 11.6. The number of fused-ring (bicyclic) bond motifs is 2. The van der Waals surface area contributed by atoms with Crippen molar-refractivity contribution in [2.24, 2.45) is 23.2 Å². The fourth-order valence-corrected chi connectivity index (χ4v) is 3.25. The SMILES string of the molecule is CCOC(=O)C[C@@H]1C[C@H]2C[C@@H](C1=O)C2(C)C. The summed E-state index contributed by atoms with van der Waals surface area (Å²) in [6.45, 7) is 6.54. The Morgan fingerprint density at radius 2 is 2.12 bits per heavy atom. The molecule has 0 radical (unpaired) electrons. The van der Waals surface area contributed by atoms with Crippen LogP contribution in [-0.2, 0) is 14.3 Å². The van der Waals surface area contributed by atoms with Gasteiger partial charge in [-0.3, -0.25) is 9.59 Å². The van der Waals surface area contributed by atoms with Gasteiger partial charge in [-0.2, -0.15) is 0 Å². The molecule has 0 spiro atoms. The highest BCUT2D eigenvalue weighted by molar-refractivity contribution is 5.89. The largest absolute Gasteiger partial charge is 0.466 e. The van der Waals surface area contributed by atoms with Gasteiger partial charge in [0.2, 0.25) is 0 Å². The van der Waals surface area contributed by atoms with Crippen molar-refractivity contribution in [3.63, 3.8) is 0 Å². The van der Waals surface area contributed by atoms with Gasteiger partial charge in [-0.1, -0.05) is 13.8 Å². The average Bonchev–Trinajstić information content (AvgIpc) is 2.20. The van der Waals surface area contributed by atoms with E-state index < -0.39 is 0 Å². The number of carbonyl (C=O) groups excluding carboxylic acids is 2. The Bertz CT molecular complexity index is 319. The van der Waals surface area contributed by atoms with Gasteiger partial charge in [0.05, 0.1) is 13.0 Å². The smallest absolute Gasteiger partial charge is 0.306 e. The first-order chi connectivity index (χ1) is 7.46. The van der Waals surface area contributed by atoms with Crippen LogP contribution in [0.25, 0.3) is 0 Å². The topological polar surface area (TPSA) is 43.4 Å². The summed E-state index contributed by atoms with van der Waals surface area (Å²) in [5.41, 5.74) is 0.169. The lowest BCUT2D eigenvalue weighted by Crippen LogP contribution is -2.56. The number of Topliss-reactive ketones (excluding diaryl/α,β-unsaturated/α-hetero) is 1. The highest BCUT2D eigenvalue weighted by Crippen LogP contribution is 2.59. The second-order valence-electron chi connectivity index (χ2n) is 5.65. The minimum absolute atomic E-state index is 0.0733. The molecule has 0 N–H and O–H groups in total. The molecule has 3 saturated carbocycles. The van der Waals surface area contributed by atoms with Crippen molar-refractivity contribution in [1.29, 1.82) is 0 Å². The molecule has 3 rings (SSSR count). The van der Waals surface area contributed by atoms with Gasteiger partial charge in [0.1, 0.15) is 5.78 Å². The molecule has 3 aliphatic rings. The van der Waals surface area contributed by atoms with Crippen molar-refractivity contribution in [3.05, 3.63) is 0 Å². The maximum Gasteiger partial charge on any atom is 0.306 e. The standard InChI is InChI=1S/C13H20O3/c1-4-16-11(14)6-8-5-9-7-10(12(8)15)13(9,2)3/h8-10H,4-7H2,1-3H3/t8-,9-,10-/m0/s1. The van der Waals surface area contributed by atoms with Gasteiger partial charge >= 0.3 is 5.97 Å². The summed E-state index contributed by atoms with van der Waals surface area (Å²) in [5, 5.41) is 0. The maximum atomic E-state index is 12.1. The van der Waals surface area contributed by atoms with E-state index >= 15 is 0 Å². The van der Waals surface area contributed by atoms with E-state index in [9.17, 15) is 9.59 Å². The number of ketones is 1. The van der Waals surface area contributed by atoms with E-state index in [1.54, 1.807) is 6.92 Å². The predicted molar refractivity (Wildman–Crippen MR) is 59.7 cm³/mol. The number of ether oxygens (including phenoxy) is 1. The lowest BCUT2D eigenvalue weighted by atomic mass is 9.46. The van der Waals surface area contributed by atoms with Gasteiger partial charge in [-0.05, 0) is 31.1 Å². The Morgan fingerprint density at radius 1 is 1.44 bits per heavy atom. The van der Waals surface area contributed by atoms with Crippen LogP contribution in [0.15, 0.2) is 0 Å². The Balaban J connectivity index is 1.96. The fourth-order valence-electron chi connectivity index (χ4n) is 3.25. The van der Waals surface area contributed by atoms with E-state index in [1.165, 1.54) is 0 Å². The average molecular weight is 224 g/mol. The Labute approximate surface area is 96.5 Å². The second kappa shape index (κ2) is 3.86. The lowest BCUT2D eigenvalue weighted by Gasteiger charge is -2.57. The molecule has 0 aliphatic heterocycles. The zero-order valence-electron chi connectivity index (χ0n) is 10.3. The van der Waals surface area contributed by atoms with Crippen molar-refractivity contribution < 1.29 is 14.3 Å². The van der Waals surface area contributed by atoms with Crippen LogP contribution in [0.3, 0.4) is 0 Å². The summed E-state index contributed by atoms with van der Waals surface area (Å²) >= 11 is 0. The number of hydrogen-bond acceptors (Lipinski definition) is 3. The summed E-state index contributed by atoms with van der Waals surface area (Å²) < 4.78 is 4.90. The van der Waals surface area contributed by atoms with E-state index in [0.29, 0.717) is 18.3 Å². The number of hydrogen-bond donors (Lipinski definition) is 0. The molecule has 2 bridgehead atoms. The zero-order chi connectivity index (χ0) is 11.9. The third-order valence-corrected chi connectivity index (χ3v) is 4.50. The quantitative estimate of drug-likeness (QED) is 0.690. The number of carbonyl (C=O) groups is 2. The molecule has 0 unspecified atom stereocenters. The number of esters is 1. The van der Waals surface area contributed by atoms with Crippen LogP contribution >= 0.6 is 0 Å². The number of rotatable bonds is 3. The molecule has 3 fully saturated rings. The summed E-state index contributed by atoms with van der Waals surface area (Å²) in [5.74, 6) is 0.802. The fraction of sp³-hybridized carbons (Fsp3) is 0.846. The molecule has 0 aromatic carbocycles. The molecule has 0 amide bonds. The third kappa shape index (κ3) is 1.66. The molecule has 3 heteroatoms. The molecule has 0 saturated heterocycles. The first-order valence-electron chi connectivity index (χ1n) is 6.16. The van der Waals surface area contributed by atoms with Crippen LogP contribution in [0.2, 0.25) is 0 Å². The maximum absolute atomic E-state index is 12.1. The van der Waals surface area contributed by atoms with Crippen LogP contribution in [0.1, 0.15) is 40.0 Å². The molecular formula is C13H20O3. The Hall–Kier alpha value is -0.860. The zero-order valence-corrected chi connectivity index (χ0v) is 10.3. The summed E-state index contributed by atoms with van der Waals surface area (Å²) in [4.78, 5) is 23.5. The minimum atomic E-state index is -0.222. The van der Waals surface area contributed by atoms with E-state index in [1.807, 2.05) is 0 Å². The molecule has 0 aromatic rings. The molecule has 3 aliphatic carbocycles. The van der Waals surface area contributed by atoms with Crippen molar-refractivity contribution in [3.8, 4) is 0 Å². The monoisotopic (exact) mass is 224 g/mol. The van der Waals surface area contributed by atoms with Crippen LogP contribution in [-0.4, -0.2) is 18.4 Å². The second-order valence-corrected chi connectivity index (χ2v) is 5.65. The molecule has 0 aromatic heterocycles. The van der Waals surface area contributed by atoms with Crippen molar-refractivity contribution in [2.45, 2.75) is 40.0 Å². The molecule has 0 heterocycles. The van der Waals surface area contributed by atoms with Gasteiger partial charge in [0.25, 0.3) is 0 Å². The predicted octanol–water partition coefficient (Wildman–Crippen LogP) is 2.19. The van der Waals surface area contributed by atoms with Crippen LogP contribution in [0.5, 0.6) is 0 Å². The third-order valence-electron chi connectivity index (χ3n) is 4.50. The van der Waals surface area contributed by atoms with Gasteiger partial charge in [-0.25, -0.2) is 0 Å².